The van der Waals surface area contributed by atoms with Crippen molar-refractivity contribution in [2.75, 3.05) is 0 Å². The van der Waals surface area contributed by atoms with E-state index in [1.54, 1.807) is 18.3 Å². The molecule has 2 atom stereocenters. The molecule has 0 radical (unpaired) electrons. The number of aliphatic hydroxyl groups is 1. The van der Waals surface area contributed by atoms with Gasteiger partial charge >= 0.3 is 0 Å². The number of imidazole rings is 1. The first-order valence-electron chi connectivity index (χ1n) is 11.5. The van der Waals surface area contributed by atoms with Crippen LogP contribution in [-0.4, -0.2) is 23.7 Å². The summed E-state index contributed by atoms with van der Waals surface area (Å²) in [6.45, 7) is 6.75. The summed E-state index contributed by atoms with van der Waals surface area (Å²) in [4.78, 5) is 4.67. The maximum Gasteiger partial charge on any atom is 0.240 e. The number of rotatable bonds is 8. The smallest absolute Gasteiger partial charge is 0.240 e. The summed E-state index contributed by atoms with van der Waals surface area (Å²) >= 11 is 0. The van der Waals surface area contributed by atoms with Gasteiger partial charge in [0, 0.05) is 12.4 Å². The fourth-order valence-corrected chi connectivity index (χ4v) is 6.73. The molecule has 0 aliphatic carbocycles. The second-order valence-electron chi connectivity index (χ2n) is 9.59. The van der Waals surface area contributed by atoms with E-state index >= 15 is 0 Å². The molecule has 6 heteroatoms. The van der Waals surface area contributed by atoms with Gasteiger partial charge in [-0.2, -0.15) is 0 Å². The van der Waals surface area contributed by atoms with Gasteiger partial charge in [-0.1, -0.05) is 93.6 Å². The van der Waals surface area contributed by atoms with Crippen molar-refractivity contribution in [3.05, 3.63) is 115 Å². The third kappa shape index (κ3) is 5.70. The van der Waals surface area contributed by atoms with Gasteiger partial charge in [0.2, 0.25) is 9.04 Å². The zero-order valence-electron chi connectivity index (χ0n) is 19.8. The topological polar surface area (TPSA) is 47.3 Å². The highest BCUT2D eigenvalue weighted by Gasteiger charge is 2.35. The lowest BCUT2D eigenvalue weighted by molar-refractivity contribution is 0.0735. The van der Waals surface area contributed by atoms with Crippen LogP contribution in [0.5, 0.6) is 0 Å². The molecule has 176 valence electrons. The molecule has 0 aliphatic heterocycles. The third-order valence-corrected chi connectivity index (χ3v) is 8.40. The van der Waals surface area contributed by atoms with E-state index in [1.807, 2.05) is 47.2 Å². The molecule has 0 fully saturated rings. The summed E-state index contributed by atoms with van der Waals surface area (Å²) in [7, 11) is -2.03. The Labute approximate surface area is 202 Å². The molecular formula is C28H31FN2O2Si. The summed E-state index contributed by atoms with van der Waals surface area (Å²) < 4.78 is 22.3. The van der Waals surface area contributed by atoms with Crippen LogP contribution in [0.25, 0.3) is 0 Å². The Hall–Kier alpha value is -3.06. The lowest BCUT2D eigenvalue weighted by Crippen LogP contribution is -2.47. The number of aliphatic hydroxyl groups excluding tert-OH is 1. The monoisotopic (exact) mass is 474 g/mol. The van der Waals surface area contributed by atoms with Gasteiger partial charge in [-0.05, 0) is 33.5 Å². The van der Waals surface area contributed by atoms with Crippen molar-refractivity contribution in [3.63, 3.8) is 0 Å². The largest absolute Gasteiger partial charge is 0.400 e. The van der Waals surface area contributed by atoms with Crippen molar-refractivity contribution in [2.45, 2.75) is 39.5 Å². The molecule has 1 aromatic heterocycles. The van der Waals surface area contributed by atoms with Crippen LogP contribution in [0.1, 0.15) is 44.4 Å². The Morgan fingerprint density at radius 2 is 1.47 bits per heavy atom. The fraction of sp³-hybridized carbons (Fsp3) is 0.250. The van der Waals surface area contributed by atoms with Crippen molar-refractivity contribution < 1.29 is 13.9 Å². The summed E-state index contributed by atoms with van der Waals surface area (Å²) in [5, 5.41) is 13.2. The summed E-state index contributed by atoms with van der Waals surface area (Å²) in [6.07, 6.45) is 2.53. The standard InChI is InChI=1S/C28H31FN2O2Si/c1-28(2,3)26(33-34(23-10-6-4-7-11-23)24-12-8-5-9-13-24)27-30-18-19-31(27)20-25(32)21-14-16-22(29)17-15-21/h4-19,25-26,32,34H,20H2,1-3H3. The lowest BCUT2D eigenvalue weighted by Gasteiger charge is -2.34. The van der Waals surface area contributed by atoms with E-state index in [9.17, 15) is 9.50 Å². The van der Waals surface area contributed by atoms with Gasteiger partial charge in [0.15, 0.2) is 0 Å². The Balaban J connectivity index is 1.66. The second kappa shape index (κ2) is 10.5. The maximum absolute atomic E-state index is 13.3. The molecule has 0 amide bonds. The zero-order chi connectivity index (χ0) is 24.1. The molecular weight excluding hydrogens is 443 g/mol. The minimum Gasteiger partial charge on any atom is -0.400 e. The van der Waals surface area contributed by atoms with Gasteiger partial charge in [-0.15, -0.1) is 0 Å². The number of hydrogen-bond acceptors (Lipinski definition) is 3. The predicted octanol–water partition coefficient (Wildman–Crippen LogP) is 4.40. The molecule has 3 aromatic carbocycles. The number of hydrogen-bond donors (Lipinski definition) is 1. The number of halogens is 1. The van der Waals surface area contributed by atoms with Crippen molar-refractivity contribution in [1.29, 1.82) is 0 Å². The lowest BCUT2D eigenvalue weighted by atomic mass is 9.88. The quantitative estimate of drug-likeness (QED) is 0.385. The molecule has 4 nitrogen and oxygen atoms in total. The zero-order valence-corrected chi connectivity index (χ0v) is 21.0. The normalized spacial score (nSPS) is 13.7. The van der Waals surface area contributed by atoms with Crippen LogP contribution in [0.2, 0.25) is 0 Å². The molecule has 0 aliphatic rings. The van der Waals surface area contributed by atoms with E-state index in [0.29, 0.717) is 12.1 Å². The van der Waals surface area contributed by atoms with Crippen LogP contribution in [0.3, 0.4) is 0 Å². The molecule has 1 heterocycles. The molecule has 2 unspecified atom stereocenters. The van der Waals surface area contributed by atoms with Gasteiger partial charge in [-0.25, -0.2) is 9.37 Å². The van der Waals surface area contributed by atoms with Crippen LogP contribution in [0, 0.1) is 11.2 Å². The highest BCUT2D eigenvalue weighted by atomic mass is 28.3. The van der Waals surface area contributed by atoms with Gasteiger partial charge in [0.1, 0.15) is 17.7 Å². The van der Waals surface area contributed by atoms with Gasteiger partial charge in [0.25, 0.3) is 0 Å². The van der Waals surface area contributed by atoms with E-state index in [2.05, 4.69) is 50.0 Å². The fourth-order valence-electron chi connectivity index (χ4n) is 4.08. The molecule has 0 spiro atoms. The highest BCUT2D eigenvalue weighted by molar-refractivity contribution is 6.80. The average molecular weight is 475 g/mol. The number of nitrogens with zero attached hydrogens (tertiary/aromatic N) is 2. The minimum absolute atomic E-state index is 0.237. The number of aromatic nitrogens is 2. The van der Waals surface area contributed by atoms with Gasteiger partial charge in [0.05, 0.1) is 12.6 Å². The molecule has 4 aromatic rings. The van der Waals surface area contributed by atoms with E-state index in [0.717, 1.165) is 5.82 Å². The number of benzene rings is 3. The third-order valence-electron chi connectivity index (χ3n) is 5.87. The van der Waals surface area contributed by atoms with Crippen LogP contribution in [-0.2, 0) is 11.0 Å². The van der Waals surface area contributed by atoms with Crippen molar-refractivity contribution >= 4 is 19.4 Å². The van der Waals surface area contributed by atoms with Gasteiger partial charge in [-0.3, -0.25) is 0 Å². The second-order valence-corrected chi connectivity index (χ2v) is 12.0. The summed E-state index contributed by atoms with van der Waals surface area (Å²) in [5.41, 5.74) is 0.425. The SMILES string of the molecule is CC(C)(C)C(O[SiH](c1ccccc1)c1ccccc1)c1nccn1CC(O)c1ccc(F)cc1. The first-order chi connectivity index (χ1) is 16.3. The molecule has 0 saturated heterocycles. The van der Waals surface area contributed by atoms with Crippen molar-refractivity contribution in [1.82, 2.24) is 9.55 Å². The van der Waals surface area contributed by atoms with E-state index in [-0.39, 0.29) is 17.3 Å². The first-order valence-corrected chi connectivity index (χ1v) is 13.2. The van der Waals surface area contributed by atoms with Gasteiger partial charge < -0.3 is 14.1 Å². The Morgan fingerprint density at radius 1 is 0.912 bits per heavy atom. The highest BCUT2D eigenvalue weighted by Crippen LogP contribution is 2.36. The van der Waals surface area contributed by atoms with E-state index in [4.69, 9.17) is 4.43 Å². The minimum atomic E-state index is -2.03. The first kappa shape index (κ1) is 24.1. The molecule has 34 heavy (non-hydrogen) atoms. The Kier molecular flexibility index (Phi) is 7.41. The Bertz CT molecular complexity index is 1140. The predicted molar refractivity (Wildman–Crippen MR) is 136 cm³/mol. The van der Waals surface area contributed by atoms with E-state index in [1.165, 1.54) is 22.5 Å². The Morgan fingerprint density at radius 3 is 2.00 bits per heavy atom. The molecule has 4 rings (SSSR count). The van der Waals surface area contributed by atoms with Crippen LogP contribution in [0.4, 0.5) is 4.39 Å². The molecule has 0 bridgehead atoms. The van der Waals surface area contributed by atoms with Crippen molar-refractivity contribution in [2.24, 2.45) is 5.41 Å². The molecule has 1 N–H and O–H groups in total. The van der Waals surface area contributed by atoms with Crippen LogP contribution >= 0.6 is 0 Å². The van der Waals surface area contributed by atoms with E-state index < -0.39 is 15.1 Å². The van der Waals surface area contributed by atoms with Crippen molar-refractivity contribution in [3.8, 4) is 0 Å². The van der Waals surface area contributed by atoms with Crippen LogP contribution in [0.15, 0.2) is 97.3 Å². The molecule has 0 saturated carbocycles. The maximum atomic E-state index is 13.3. The average Bonchev–Trinajstić information content (AvgIpc) is 3.27. The summed E-state index contributed by atoms with van der Waals surface area (Å²) in [6, 6.07) is 26.7. The summed E-state index contributed by atoms with van der Waals surface area (Å²) in [5.74, 6) is 0.455. The van der Waals surface area contributed by atoms with Crippen LogP contribution < -0.4 is 10.4 Å².